The van der Waals surface area contributed by atoms with Crippen LogP contribution in [0.3, 0.4) is 0 Å². The third-order valence-electron chi connectivity index (χ3n) is 13.9. The van der Waals surface area contributed by atoms with E-state index in [1.165, 1.54) is 14.2 Å². The average molecular weight is 1550 g/mol. The molecule has 0 aliphatic rings. The SMILES string of the molecule is COC(=O)CCOCCOCCOCCOCCOCCOCCOCCOCCOCCOCCOCCOCCN(C)c1cc(CO)cc(CO)c1.COC(=O)CCOCCOCCOCCOCCOCCOCCOCCOCCOCCOCCOCCOCCNc1cc(CO)cc(CO)c1. The average Bonchev–Trinajstić information content (AvgIpc) is 0.868. The van der Waals surface area contributed by atoms with Crippen molar-refractivity contribution in [3.05, 3.63) is 58.7 Å². The van der Waals surface area contributed by atoms with Gasteiger partial charge >= 0.3 is 11.9 Å². The molecule has 5 N–H and O–H groups in total. The molecule has 2 aromatic carbocycles. The van der Waals surface area contributed by atoms with Crippen molar-refractivity contribution in [1.82, 2.24) is 0 Å². The monoisotopic (exact) mass is 1550 g/mol. The van der Waals surface area contributed by atoms with Crippen LogP contribution in [0.2, 0.25) is 0 Å². The van der Waals surface area contributed by atoms with E-state index >= 15 is 0 Å². The second kappa shape index (κ2) is 82.8. The highest BCUT2D eigenvalue weighted by Crippen LogP contribution is 2.19. The number of hydrogen-bond donors (Lipinski definition) is 5. The van der Waals surface area contributed by atoms with Gasteiger partial charge in [0.2, 0.25) is 0 Å². The fraction of sp³-hybridized carbons (Fsp3) is 0.808. The molecule has 0 atom stereocenters. The molecule has 0 bridgehead atoms. The van der Waals surface area contributed by atoms with Crippen molar-refractivity contribution in [1.29, 1.82) is 0 Å². The molecule has 0 saturated carbocycles. The summed E-state index contributed by atoms with van der Waals surface area (Å²) in [6.45, 7) is 23.7. The predicted molar refractivity (Wildman–Crippen MR) is 391 cm³/mol. The first kappa shape index (κ1) is 101. The lowest BCUT2D eigenvalue weighted by molar-refractivity contribution is -0.142. The number of nitrogens with one attached hydrogen (secondary N) is 1. The molecule has 0 amide bonds. The Balaban J connectivity index is 0.00000107. The van der Waals surface area contributed by atoms with Crippen LogP contribution < -0.4 is 10.2 Å². The quantitative estimate of drug-likeness (QED) is 0.0465. The summed E-state index contributed by atoms with van der Waals surface area (Å²) in [6, 6.07) is 11.1. The van der Waals surface area contributed by atoms with Gasteiger partial charge in [0.05, 0.1) is 371 Å². The van der Waals surface area contributed by atoms with E-state index < -0.39 is 0 Å². The third-order valence-corrected chi connectivity index (χ3v) is 13.9. The Morgan fingerprint density at radius 2 is 0.439 bits per heavy atom. The Hall–Kier alpha value is -4.14. The highest BCUT2D eigenvalue weighted by molar-refractivity contribution is 5.69. The molecular formula is C73H132N2O32. The molecule has 0 aromatic heterocycles. The molecule has 0 aliphatic carbocycles. The predicted octanol–water partition coefficient (Wildman–Crippen LogP) is 1.72. The lowest BCUT2D eigenvalue weighted by Gasteiger charge is -2.21. The van der Waals surface area contributed by atoms with E-state index in [9.17, 15) is 30.0 Å². The second-order valence-corrected chi connectivity index (χ2v) is 22.4. The van der Waals surface area contributed by atoms with Crippen LogP contribution in [0.1, 0.15) is 35.1 Å². The topological polar surface area (TPSA) is 370 Å². The van der Waals surface area contributed by atoms with E-state index in [-0.39, 0.29) is 51.2 Å². The minimum absolute atomic E-state index is 0.0667. The number of nitrogens with zero attached hydrogens (tertiary/aromatic N) is 1. The first-order valence-corrected chi connectivity index (χ1v) is 36.9. The van der Waals surface area contributed by atoms with Crippen molar-refractivity contribution in [2.75, 3.05) is 362 Å². The normalized spacial score (nSPS) is 11.4. The largest absolute Gasteiger partial charge is 0.469 e. The number of benzene rings is 2. The molecule has 2 aromatic rings. The number of anilines is 2. The summed E-state index contributed by atoms with van der Waals surface area (Å²) in [7, 11) is 4.65. The van der Waals surface area contributed by atoms with Crippen LogP contribution >= 0.6 is 0 Å². The summed E-state index contributed by atoms with van der Waals surface area (Å²) < 4.78 is 140. The highest BCUT2D eigenvalue weighted by atomic mass is 16.6. The molecule has 0 spiro atoms. The summed E-state index contributed by atoms with van der Waals surface area (Å²) in [6.07, 6.45) is 0.479. The number of aliphatic hydroxyl groups is 4. The van der Waals surface area contributed by atoms with Gasteiger partial charge in [0.25, 0.3) is 0 Å². The number of carbonyl (C=O) groups is 2. The van der Waals surface area contributed by atoms with E-state index in [1.807, 2.05) is 36.2 Å². The molecule has 34 nitrogen and oxygen atoms in total. The molecule has 0 aliphatic heterocycles. The van der Waals surface area contributed by atoms with E-state index in [4.69, 9.17) is 114 Å². The van der Waals surface area contributed by atoms with Gasteiger partial charge in [0.15, 0.2) is 0 Å². The van der Waals surface area contributed by atoms with Crippen LogP contribution in [-0.2, 0) is 159 Å². The van der Waals surface area contributed by atoms with Gasteiger partial charge < -0.3 is 154 Å². The number of hydrogen-bond acceptors (Lipinski definition) is 34. The van der Waals surface area contributed by atoms with Crippen LogP contribution in [0.4, 0.5) is 11.4 Å². The van der Waals surface area contributed by atoms with Crippen LogP contribution in [0.25, 0.3) is 0 Å². The minimum atomic E-state index is -0.290. The molecule has 0 radical (unpaired) electrons. The zero-order valence-corrected chi connectivity index (χ0v) is 64.2. The first-order chi connectivity index (χ1) is 52.8. The zero-order chi connectivity index (χ0) is 77.1. The van der Waals surface area contributed by atoms with Gasteiger partial charge in [-0.25, -0.2) is 0 Å². The van der Waals surface area contributed by atoms with E-state index in [0.29, 0.717) is 330 Å². The number of esters is 2. The summed E-state index contributed by atoms with van der Waals surface area (Å²) >= 11 is 0. The smallest absolute Gasteiger partial charge is 0.307 e. The standard InChI is InChI=1S/C37H67NO16.C36H65NO16/c1-38(36-30-34(32-39)29-35(31-36)33-40)4-6-44-8-10-46-12-14-48-16-18-50-20-22-52-24-26-54-28-27-53-25-23-51-21-19-49-17-15-47-13-11-45-9-7-43-5-3-37(41)42-2;1-41-36(40)2-4-42-6-8-44-10-12-46-14-16-48-18-20-50-22-24-52-26-27-53-25-23-51-21-19-49-17-15-47-13-11-45-9-7-43-5-3-37-35-29-33(31-38)28-34(30-35)32-39/h29-31,39-40H,3-28,32-33H2,1-2H3;28-30,37-39H,2-27,31-32H2,1H3. The number of ether oxygens (including phenoxy) is 26. The lowest BCUT2D eigenvalue weighted by Crippen LogP contribution is -2.23. The molecule has 107 heavy (non-hydrogen) atoms. The lowest BCUT2D eigenvalue weighted by atomic mass is 10.1. The van der Waals surface area contributed by atoms with Crippen molar-refractivity contribution in [3.63, 3.8) is 0 Å². The van der Waals surface area contributed by atoms with Gasteiger partial charge in [-0.05, 0) is 46.5 Å². The number of likely N-dealkylation sites (N-methyl/N-ethyl adjacent to an activating group) is 1. The van der Waals surface area contributed by atoms with Crippen LogP contribution in [0.15, 0.2) is 36.4 Å². The molecule has 0 saturated heterocycles. The first-order valence-electron chi connectivity index (χ1n) is 36.9. The van der Waals surface area contributed by atoms with Crippen molar-refractivity contribution >= 4 is 23.3 Å². The van der Waals surface area contributed by atoms with Gasteiger partial charge in [0, 0.05) is 31.5 Å². The Kier molecular flexibility index (Phi) is 78.1. The highest BCUT2D eigenvalue weighted by Gasteiger charge is 2.08. The molecular weight excluding hydrogens is 1420 g/mol. The Bertz CT molecular complexity index is 2140. The third kappa shape index (κ3) is 71.9. The Morgan fingerprint density at radius 3 is 0.636 bits per heavy atom. The van der Waals surface area contributed by atoms with E-state index in [1.54, 1.807) is 12.1 Å². The number of rotatable bonds is 84. The van der Waals surface area contributed by atoms with Gasteiger partial charge in [-0.2, -0.15) is 0 Å². The maximum Gasteiger partial charge on any atom is 0.307 e. The van der Waals surface area contributed by atoms with E-state index in [2.05, 4.69) is 14.8 Å². The van der Waals surface area contributed by atoms with Gasteiger partial charge in [-0.1, -0.05) is 12.1 Å². The summed E-state index contributed by atoms with van der Waals surface area (Å²) in [5.41, 5.74) is 4.80. The minimum Gasteiger partial charge on any atom is -0.469 e. The van der Waals surface area contributed by atoms with Crippen molar-refractivity contribution in [2.45, 2.75) is 39.3 Å². The summed E-state index contributed by atoms with van der Waals surface area (Å²) in [5, 5.41) is 40.6. The Labute approximate surface area is 634 Å². The van der Waals surface area contributed by atoms with Gasteiger partial charge in [0.1, 0.15) is 0 Å². The molecule has 2 rings (SSSR count). The van der Waals surface area contributed by atoms with Crippen molar-refractivity contribution in [3.8, 4) is 0 Å². The van der Waals surface area contributed by atoms with Crippen LogP contribution in [-0.4, -0.2) is 384 Å². The summed E-state index contributed by atoms with van der Waals surface area (Å²) in [5.74, 6) is -0.580. The maximum atomic E-state index is 10.9. The second-order valence-electron chi connectivity index (χ2n) is 22.4. The van der Waals surface area contributed by atoms with Crippen LogP contribution in [0, 0.1) is 0 Å². The molecule has 0 heterocycles. The fourth-order valence-electron chi connectivity index (χ4n) is 8.35. The van der Waals surface area contributed by atoms with Crippen LogP contribution in [0.5, 0.6) is 0 Å². The van der Waals surface area contributed by atoms with E-state index in [0.717, 1.165) is 33.6 Å². The van der Waals surface area contributed by atoms with Crippen molar-refractivity contribution in [2.24, 2.45) is 0 Å². The fourth-order valence-corrected chi connectivity index (χ4v) is 8.35. The van der Waals surface area contributed by atoms with Crippen molar-refractivity contribution < 1.29 is 153 Å². The Morgan fingerprint density at radius 1 is 0.262 bits per heavy atom. The molecule has 626 valence electrons. The summed E-state index contributed by atoms with van der Waals surface area (Å²) in [4.78, 5) is 23.9. The molecule has 34 heteroatoms. The van der Waals surface area contributed by atoms with Gasteiger partial charge in [-0.15, -0.1) is 0 Å². The number of aliphatic hydroxyl groups excluding tert-OH is 4. The molecule has 0 unspecified atom stereocenters. The maximum absolute atomic E-state index is 10.9. The number of methoxy groups -OCH3 is 2. The number of carbonyl (C=O) groups excluding carboxylic acids is 2. The van der Waals surface area contributed by atoms with Gasteiger partial charge in [-0.3, -0.25) is 9.59 Å². The zero-order valence-electron chi connectivity index (χ0n) is 64.2. The molecule has 0 fully saturated rings.